The number of methoxy groups -OCH3 is 1. The second kappa shape index (κ2) is 12.3. The first kappa shape index (κ1) is 31.5. The Morgan fingerprint density at radius 1 is 1.21 bits per heavy atom. The smallest absolute Gasteiger partial charge is 0.330 e. The van der Waals surface area contributed by atoms with Crippen LogP contribution in [0.4, 0.5) is 5.00 Å². The fourth-order valence-corrected chi connectivity index (χ4v) is 9.95. The number of nitriles is 1. The lowest BCUT2D eigenvalue weighted by Gasteiger charge is -2.39. The van der Waals surface area contributed by atoms with Crippen LogP contribution in [0.5, 0.6) is 5.88 Å². The van der Waals surface area contributed by atoms with Gasteiger partial charge in [0, 0.05) is 35.6 Å². The minimum absolute atomic E-state index is 0.168. The average molecular weight is 675 g/mol. The fourth-order valence-electron chi connectivity index (χ4n) is 8.79. The maximum atomic E-state index is 14.2. The van der Waals surface area contributed by atoms with Crippen molar-refractivity contribution >= 4 is 27.5 Å². The summed E-state index contributed by atoms with van der Waals surface area (Å²) < 4.78 is 27.6. The molecule has 6 heterocycles. The molecule has 2 aliphatic carbocycles. The number of nitrogens with zero attached hydrogens (tertiary/aromatic N) is 7. The largest absolute Gasteiger partial charge is 0.471 e. The zero-order chi connectivity index (χ0) is 33.2. The maximum absolute atomic E-state index is 14.2. The van der Waals surface area contributed by atoms with E-state index in [2.05, 4.69) is 24.9 Å². The van der Waals surface area contributed by atoms with Gasteiger partial charge in [0.05, 0.1) is 37.1 Å². The van der Waals surface area contributed by atoms with Gasteiger partial charge in [0.1, 0.15) is 17.2 Å². The number of hydrogen-bond acceptors (Lipinski definition) is 12. The normalized spacial score (nSPS) is 24.6. The van der Waals surface area contributed by atoms with E-state index in [1.807, 2.05) is 0 Å². The number of anilines is 1. The molecule has 2 N–H and O–H groups in total. The molecule has 14 heteroatoms. The number of ether oxygens (including phenoxy) is 3. The number of nitrogens with two attached hydrogens (primary N) is 1. The number of likely N-dealkylation sites (N-methyl/N-ethyl adjacent to an activating group) is 1. The van der Waals surface area contributed by atoms with Crippen LogP contribution < -0.4 is 16.2 Å². The highest BCUT2D eigenvalue weighted by Crippen LogP contribution is 2.54. The van der Waals surface area contributed by atoms with E-state index >= 15 is 0 Å². The summed E-state index contributed by atoms with van der Waals surface area (Å²) in [6.45, 7) is 4.76. The molecule has 0 bridgehead atoms. The van der Waals surface area contributed by atoms with Crippen LogP contribution in [0.15, 0.2) is 9.32 Å². The molecule has 1 spiro atoms. The monoisotopic (exact) mass is 674 g/mol. The number of rotatable bonds is 8. The first-order valence-electron chi connectivity index (χ1n) is 17.1. The summed E-state index contributed by atoms with van der Waals surface area (Å²) in [5.41, 5.74) is 10.2. The predicted octanol–water partition coefficient (Wildman–Crippen LogP) is 4.19. The van der Waals surface area contributed by atoms with Crippen LogP contribution in [0.3, 0.4) is 0 Å². The van der Waals surface area contributed by atoms with Crippen molar-refractivity contribution in [3.63, 3.8) is 0 Å². The topological polar surface area (TPSA) is 159 Å². The van der Waals surface area contributed by atoms with E-state index < -0.39 is 5.41 Å². The molecule has 0 saturated carbocycles. The Hall–Kier alpha value is -3.77. The van der Waals surface area contributed by atoms with Gasteiger partial charge in [-0.15, -0.1) is 11.3 Å². The highest BCUT2D eigenvalue weighted by Gasteiger charge is 2.48. The summed E-state index contributed by atoms with van der Waals surface area (Å²) in [5, 5.41) is 15.5. The molecule has 8 rings (SSSR count). The van der Waals surface area contributed by atoms with Crippen molar-refractivity contribution in [1.82, 2.24) is 29.2 Å². The van der Waals surface area contributed by atoms with Crippen molar-refractivity contribution in [1.29, 1.82) is 5.26 Å². The van der Waals surface area contributed by atoms with Gasteiger partial charge in [-0.1, -0.05) is 5.16 Å². The van der Waals surface area contributed by atoms with Crippen molar-refractivity contribution < 1.29 is 18.7 Å². The molecule has 4 aromatic rings. The average Bonchev–Trinajstić information content (AvgIpc) is 3.91. The van der Waals surface area contributed by atoms with Crippen LogP contribution >= 0.6 is 11.3 Å². The lowest BCUT2D eigenvalue weighted by atomic mass is 9.62. The van der Waals surface area contributed by atoms with Gasteiger partial charge < -0.3 is 24.5 Å². The number of aromatic nitrogens is 5. The number of aryl methyl sites for hydroxylation is 1. The molecule has 2 fully saturated rings. The zero-order valence-electron chi connectivity index (χ0n) is 27.8. The Morgan fingerprint density at radius 2 is 2.04 bits per heavy atom. The predicted molar refractivity (Wildman–Crippen MR) is 179 cm³/mol. The van der Waals surface area contributed by atoms with Crippen LogP contribution in [0.25, 0.3) is 22.7 Å². The summed E-state index contributed by atoms with van der Waals surface area (Å²) in [5.74, 6) is 1.18. The Kier molecular flexibility index (Phi) is 8.06. The Balaban J connectivity index is 1.32. The number of nitrogen functional groups attached to an aromatic ring is 1. The molecule has 4 atom stereocenters. The van der Waals surface area contributed by atoms with Crippen molar-refractivity contribution in [2.75, 3.05) is 46.3 Å². The molecule has 2 aliphatic heterocycles. The molecule has 48 heavy (non-hydrogen) atoms. The van der Waals surface area contributed by atoms with E-state index in [4.69, 9.17) is 39.6 Å². The Bertz CT molecular complexity index is 1960. The van der Waals surface area contributed by atoms with Crippen LogP contribution in [-0.4, -0.2) is 81.8 Å². The van der Waals surface area contributed by atoms with Gasteiger partial charge in [-0.2, -0.15) is 10.2 Å². The summed E-state index contributed by atoms with van der Waals surface area (Å²) >= 11 is 1.53. The van der Waals surface area contributed by atoms with Gasteiger partial charge in [0.25, 0.3) is 0 Å². The van der Waals surface area contributed by atoms with Crippen LogP contribution in [0.2, 0.25) is 0 Å². The third-order valence-electron chi connectivity index (χ3n) is 11.1. The highest BCUT2D eigenvalue weighted by molar-refractivity contribution is 7.16. The fraction of sp³-hybridized carbons (Fsp3) is 0.618. The molecule has 0 unspecified atom stereocenters. The molecular formula is C34H42N8O5S. The highest BCUT2D eigenvalue weighted by atomic mass is 32.1. The van der Waals surface area contributed by atoms with E-state index in [1.54, 1.807) is 16.2 Å². The molecule has 0 radical (unpaired) electrons. The summed E-state index contributed by atoms with van der Waals surface area (Å²) in [4.78, 5) is 27.8. The van der Waals surface area contributed by atoms with Crippen LogP contribution in [-0.2, 0) is 34.3 Å². The van der Waals surface area contributed by atoms with Gasteiger partial charge in [0.15, 0.2) is 11.2 Å². The van der Waals surface area contributed by atoms with E-state index in [1.165, 1.54) is 16.2 Å². The Labute approximate surface area is 282 Å². The summed E-state index contributed by atoms with van der Waals surface area (Å²) in [7, 11) is 3.74. The lowest BCUT2D eigenvalue weighted by Crippen LogP contribution is -2.38. The minimum Gasteiger partial charge on any atom is -0.471 e. The Morgan fingerprint density at radius 3 is 2.77 bits per heavy atom. The van der Waals surface area contributed by atoms with Crippen molar-refractivity contribution in [3.05, 3.63) is 37.7 Å². The van der Waals surface area contributed by atoms with E-state index in [-0.39, 0.29) is 23.9 Å². The van der Waals surface area contributed by atoms with E-state index in [0.29, 0.717) is 72.0 Å². The van der Waals surface area contributed by atoms with Crippen LogP contribution in [0.1, 0.15) is 85.2 Å². The standard InChI is InChI=1S/C34H42N8O5S/c1-19(23-8-6-13-40(23)2)46-32-26-31(42(20-10-15-45-18-20)33(43)41(26)14-16-44-3)37-30(38-32)27-21-7-4-11-34(28(21)39-47-27)12-5-9-24-25(34)22(17-35)29(36)48-24/h19-20,23H,4-16,18,36H2,1-3H3/t19-,20+,23-,34-/m0/s1. The van der Waals surface area contributed by atoms with E-state index in [9.17, 15) is 10.1 Å². The quantitative estimate of drug-likeness (QED) is 0.286. The molecule has 0 aromatic carbocycles. The zero-order valence-corrected chi connectivity index (χ0v) is 28.6. The molecule has 4 aliphatic rings. The second-order valence-corrected chi connectivity index (χ2v) is 14.9. The first-order valence-corrected chi connectivity index (χ1v) is 18.0. The van der Waals surface area contributed by atoms with Gasteiger partial charge in [-0.3, -0.25) is 14.0 Å². The summed E-state index contributed by atoms with van der Waals surface area (Å²) in [6, 6.07) is 2.45. The third-order valence-corrected chi connectivity index (χ3v) is 12.1. The first-order chi connectivity index (χ1) is 23.4. The van der Waals surface area contributed by atoms with Gasteiger partial charge in [-0.05, 0) is 83.9 Å². The van der Waals surface area contributed by atoms with Crippen molar-refractivity contribution in [3.8, 4) is 23.5 Å². The maximum Gasteiger partial charge on any atom is 0.330 e. The molecule has 13 nitrogen and oxygen atoms in total. The molecule has 254 valence electrons. The molecule has 2 saturated heterocycles. The molecule has 4 aromatic heterocycles. The number of thiophene rings is 1. The number of imidazole rings is 1. The SMILES string of the molecule is COCCn1c(=O)n([C@@H]2CCOC2)c2nc(-c3onc4c3CCC[C@@]43CCCc4sc(N)c(C#N)c43)nc(O[C@@H](C)[C@@H]3CCCN3C)c21. The lowest BCUT2D eigenvalue weighted by molar-refractivity contribution is 0.118. The van der Waals surface area contributed by atoms with Crippen LogP contribution in [0, 0.1) is 11.3 Å². The van der Waals surface area contributed by atoms with Gasteiger partial charge in [-0.25, -0.2) is 9.78 Å². The summed E-state index contributed by atoms with van der Waals surface area (Å²) in [6.07, 6.45) is 7.91. The number of likely N-dealkylation sites (tertiary alicyclic amines) is 1. The number of hydrogen-bond donors (Lipinski definition) is 1. The van der Waals surface area contributed by atoms with Crippen molar-refractivity contribution in [2.45, 2.75) is 94.9 Å². The van der Waals surface area contributed by atoms with Gasteiger partial charge >= 0.3 is 5.69 Å². The number of fused-ring (bicyclic) bond motifs is 5. The minimum atomic E-state index is -0.445. The molecular weight excluding hydrogens is 632 g/mol. The third kappa shape index (κ3) is 4.80. The molecule has 0 amide bonds. The second-order valence-electron chi connectivity index (χ2n) is 13.7. The van der Waals surface area contributed by atoms with Gasteiger partial charge in [0.2, 0.25) is 17.5 Å². The van der Waals surface area contributed by atoms with E-state index in [0.717, 1.165) is 74.7 Å². The van der Waals surface area contributed by atoms with Crippen molar-refractivity contribution in [2.24, 2.45) is 0 Å².